The molecule has 1 saturated heterocycles. The number of hydrogen-bond donors (Lipinski definition) is 2. The Labute approximate surface area is 113 Å². The summed E-state index contributed by atoms with van der Waals surface area (Å²) in [7, 11) is 0. The molecule has 0 saturated carbocycles. The van der Waals surface area contributed by atoms with E-state index in [0.29, 0.717) is 31.1 Å². The van der Waals surface area contributed by atoms with Crippen molar-refractivity contribution in [2.24, 2.45) is 0 Å². The van der Waals surface area contributed by atoms with Crippen molar-refractivity contribution in [3.63, 3.8) is 0 Å². The van der Waals surface area contributed by atoms with Crippen LogP contribution in [0.25, 0.3) is 0 Å². The molecule has 0 aromatic carbocycles. The van der Waals surface area contributed by atoms with Crippen LogP contribution in [0.3, 0.4) is 0 Å². The molecule has 2 N–H and O–H groups in total. The predicted octanol–water partition coefficient (Wildman–Crippen LogP) is 0.663. The second kappa shape index (κ2) is 6.51. The Hall–Kier alpha value is -1.63. The average molecular weight is 267 g/mol. The van der Waals surface area contributed by atoms with Gasteiger partial charge in [0.25, 0.3) is 0 Å². The summed E-state index contributed by atoms with van der Waals surface area (Å²) in [6, 6.07) is 0.326. The van der Waals surface area contributed by atoms with Gasteiger partial charge in [-0.2, -0.15) is 15.0 Å². The lowest BCUT2D eigenvalue weighted by molar-refractivity contribution is 0.198. The maximum Gasteiger partial charge on any atom is 0.323 e. The third-order valence-corrected chi connectivity index (χ3v) is 2.86. The van der Waals surface area contributed by atoms with Crippen LogP contribution in [0.15, 0.2) is 0 Å². The lowest BCUT2D eigenvalue weighted by Crippen LogP contribution is -2.24. The van der Waals surface area contributed by atoms with E-state index in [-0.39, 0.29) is 6.10 Å². The minimum atomic E-state index is -0.306. The molecule has 1 unspecified atom stereocenters. The topological polar surface area (TPSA) is 83.4 Å². The van der Waals surface area contributed by atoms with E-state index >= 15 is 0 Å². The van der Waals surface area contributed by atoms with Crippen molar-refractivity contribution in [1.29, 1.82) is 0 Å². The zero-order valence-corrected chi connectivity index (χ0v) is 11.5. The highest BCUT2D eigenvalue weighted by Gasteiger charge is 2.23. The molecular weight excluding hydrogens is 246 g/mol. The molecule has 1 aliphatic rings. The number of anilines is 2. The number of rotatable bonds is 6. The molecule has 19 heavy (non-hydrogen) atoms. The minimum absolute atomic E-state index is 0.306. The first-order valence-corrected chi connectivity index (χ1v) is 6.78. The second-order valence-electron chi connectivity index (χ2n) is 4.49. The molecule has 1 aliphatic heterocycles. The summed E-state index contributed by atoms with van der Waals surface area (Å²) in [6.45, 7) is 6.60. The summed E-state index contributed by atoms with van der Waals surface area (Å²) >= 11 is 0. The number of nitrogens with zero attached hydrogens (tertiary/aromatic N) is 4. The fourth-order valence-electron chi connectivity index (χ4n) is 1.92. The number of nitrogens with one attached hydrogen (secondary N) is 1. The van der Waals surface area contributed by atoms with Crippen molar-refractivity contribution in [1.82, 2.24) is 15.0 Å². The van der Waals surface area contributed by atoms with Crippen molar-refractivity contribution >= 4 is 11.9 Å². The molecule has 0 amide bonds. The smallest absolute Gasteiger partial charge is 0.323 e. The highest BCUT2D eigenvalue weighted by Crippen LogP contribution is 2.19. The van der Waals surface area contributed by atoms with Gasteiger partial charge in [-0.1, -0.05) is 6.92 Å². The van der Waals surface area contributed by atoms with Crippen LogP contribution in [0.2, 0.25) is 0 Å². The van der Waals surface area contributed by atoms with Crippen LogP contribution < -0.4 is 15.0 Å². The Morgan fingerprint density at radius 2 is 2.21 bits per heavy atom. The van der Waals surface area contributed by atoms with Crippen LogP contribution >= 0.6 is 0 Å². The minimum Gasteiger partial charge on any atom is -0.464 e. The molecular formula is C12H21N5O2. The molecule has 2 rings (SSSR count). The number of ether oxygens (including phenoxy) is 1. The van der Waals surface area contributed by atoms with Crippen molar-refractivity contribution in [3.05, 3.63) is 0 Å². The molecule has 0 bridgehead atoms. The van der Waals surface area contributed by atoms with Gasteiger partial charge in [-0.15, -0.1) is 0 Å². The van der Waals surface area contributed by atoms with E-state index in [1.165, 1.54) is 0 Å². The zero-order chi connectivity index (χ0) is 13.7. The third-order valence-electron chi connectivity index (χ3n) is 2.86. The molecule has 7 heteroatoms. The Morgan fingerprint density at radius 1 is 1.37 bits per heavy atom. The fraction of sp³-hybridized carbons (Fsp3) is 0.750. The predicted molar refractivity (Wildman–Crippen MR) is 72.6 cm³/mol. The standard InChI is InChI=1S/C12H21N5O2/c1-3-6-13-10-14-11(16-12(15-10)19-4-2)17-7-5-9(18)8-17/h9,18H,3-8H2,1-2H3,(H,13,14,15,16). The van der Waals surface area contributed by atoms with Gasteiger partial charge in [0.15, 0.2) is 0 Å². The van der Waals surface area contributed by atoms with E-state index in [2.05, 4.69) is 27.2 Å². The van der Waals surface area contributed by atoms with Gasteiger partial charge in [-0.05, 0) is 19.8 Å². The summed E-state index contributed by atoms with van der Waals surface area (Å²) in [4.78, 5) is 14.8. The molecule has 1 aromatic heterocycles. The van der Waals surface area contributed by atoms with E-state index in [4.69, 9.17) is 4.74 Å². The molecule has 1 atom stereocenters. The molecule has 0 spiro atoms. The van der Waals surface area contributed by atoms with Gasteiger partial charge in [0, 0.05) is 19.6 Å². The second-order valence-corrected chi connectivity index (χ2v) is 4.49. The Morgan fingerprint density at radius 3 is 2.84 bits per heavy atom. The third kappa shape index (κ3) is 3.66. The maximum atomic E-state index is 9.58. The first-order valence-electron chi connectivity index (χ1n) is 6.78. The Balaban J connectivity index is 2.18. The van der Waals surface area contributed by atoms with Crippen LogP contribution in [0.1, 0.15) is 26.7 Å². The molecule has 1 aromatic rings. The summed E-state index contributed by atoms with van der Waals surface area (Å²) in [5.74, 6) is 1.09. The molecule has 7 nitrogen and oxygen atoms in total. The molecule has 0 aliphatic carbocycles. The number of hydrogen-bond acceptors (Lipinski definition) is 7. The van der Waals surface area contributed by atoms with Crippen molar-refractivity contribution < 1.29 is 9.84 Å². The number of aliphatic hydroxyl groups is 1. The van der Waals surface area contributed by atoms with Crippen LogP contribution in [0.5, 0.6) is 6.01 Å². The van der Waals surface area contributed by atoms with Crippen LogP contribution in [0.4, 0.5) is 11.9 Å². The van der Waals surface area contributed by atoms with Gasteiger partial charge >= 0.3 is 6.01 Å². The largest absolute Gasteiger partial charge is 0.464 e. The van der Waals surface area contributed by atoms with E-state index in [9.17, 15) is 5.11 Å². The monoisotopic (exact) mass is 267 g/mol. The van der Waals surface area contributed by atoms with Gasteiger partial charge in [0.05, 0.1) is 12.7 Å². The quantitative estimate of drug-likeness (QED) is 0.783. The summed E-state index contributed by atoms with van der Waals surface area (Å²) in [5, 5.41) is 12.7. The van der Waals surface area contributed by atoms with Crippen LogP contribution in [-0.2, 0) is 0 Å². The maximum absolute atomic E-state index is 9.58. The summed E-state index contributed by atoms with van der Waals surface area (Å²) < 4.78 is 5.36. The first kappa shape index (κ1) is 13.8. The molecule has 0 radical (unpaired) electrons. The first-order chi connectivity index (χ1) is 9.22. The number of aromatic nitrogens is 3. The van der Waals surface area contributed by atoms with Crippen molar-refractivity contribution in [2.75, 3.05) is 36.5 Å². The van der Waals surface area contributed by atoms with E-state index in [1.54, 1.807) is 0 Å². The van der Waals surface area contributed by atoms with E-state index in [0.717, 1.165) is 25.9 Å². The van der Waals surface area contributed by atoms with Crippen LogP contribution in [0, 0.1) is 0 Å². The van der Waals surface area contributed by atoms with Gasteiger partial charge in [0.2, 0.25) is 11.9 Å². The van der Waals surface area contributed by atoms with E-state index in [1.807, 2.05) is 11.8 Å². The lowest BCUT2D eigenvalue weighted by Gasteiger charge is -2.16. The Bertz CT molecular complexity index is 415. The number of aliphatic hydroxyl groups excluding tert-OH is 1. The highest BCUT2D eigenvalue weighted by molar-refractivity contribution is 5.39. The summed E-state index contributed by atoms with van der Waals surface area (Å²) in [5.41, 5.74) is 0. The fourth-order valence-corrected chi connectivity index (χ4v) is 1.92. The molecule has 2 heterocycles. The van der Waals surface area contributed by atoms with Crippen molar-refractivity contribution in [3.8, 4) is 6.01 Å². The SMILES string of the molecule is CCCNc1nc(OCC)nc(N2CCC(O)C2)n1. The van der Waals surface area contributed by atoms with Gasteiger partial charge in [-0.25, -0.2) is 0 Å². The lowest BCUT2D eigenvalue weighted by atomic mass is 10.3. The van der Waals surface area contributed by atoms with Gasteiger partial charge < -0.3 is 20.1 Å². The molecule has 1 fully saturated rings. The highest BCUT2D eigenvalue weighted by atomic mass is 16.5. The number of β-amino-alcohol motifs (C(OH)–C–C–N with tert-alkyl or cyclic N) is 1. The van der Waals surface area contributed by atoms with E-state index < -0.39 is 0 Å². The van der Waals surface area contributed by atoms with Gasteiger partial charge in [0.1, 0.15) is 0 Å². The van der Waals surface area contributed by atoms with Crippen LogP contribution in [-0.4, -0.2) is 52.4 Å². The average Bonchev–Trinajstić information content (AvgIpc) is 2.83. The van der Waals surface area contributed by atoms with Gasteiger partial charge in [-0.3, -0.25) is 0 Å². The normalized spacial score (nSPS) is 18.7. The van der Waals surface area contributed by atoms with Crippen molar-refractivity contribution in [2.45, 2.75) is 32.8 Å². The Kier molecular flexibility index (Phi) is 4.73. The molecule has 106 valence electrons. The summed E-state index contributed by atoms with van der Waals surface area (Å²) in [6.07, 6.45) is 1.43. The zero-order valence-electron chi connectivity index (χ0n) is 11.5.